The maximum atomic E-state index is 12.5. The Morgan fingerprint density at radius 3 is 2.12 bits per heavy atom. The first kappa shape index (κ1) is 19.1. The third kappa shape index (κ3) is 5.14. The molecule has 2 aromatic rings. The van der Waals surface area contributed by atoms with Crippen LogP contribution in [0.5, 0.6) is 0 Å². The summed E-state index contributed by atoms with van der Waals surface area (Å²) in [4.78, 5) is 21.9. The van der Waals surface area contributed by atoms with Gasteiger partial charge in [0.1, 0.15) is 0 Å². The van der Waals surface area contributed by atoms with Crippen LogP contribution in [0, 0.1) is 10.1 Å². The van der Waals surface area contributed by atoms with Crippen molar-refractivity contribution in [3.63, 3.8) is 0 Å². The monoisotopic (exact) mass is 384 g/mol. The van der Waals surface area contributed by atoms with Crippen molar-refractivity contribution in [1.82, 2.24) is 10.7 Å². The van der Waals surface area contributed by atoms with Gasteiger partial charge in [-0.3, -0.25) is 31.1 Å². The van der Waals surface area contributed by atoms with Gasteiger partial charge in [-0.2, -0.15) is 13.2 Å². The number of hydrogen-bond donors (Lipinski definition) is 3. The minimum Gasteiger partial charge on any atom is -0.299 e. The molecule has 0 radical (unpaired) electrons. The maximum Gasteiger partial charge on any atom is 0.416 e. The van der Waals surface area contributed by atoms with E-state index in [-0.39, 0.29) is 16.4 Å². The van der Waals surface area contributed by atoms with E-state index < -0.39 is 22.6 Å². The van der Waals surface area contributed by atoms with Gasteiger partial charge in [-0.1, -0.05) is 0 Å². The zero-order valence-electron chi connectivity index (χ0n) is 12.8. The number of amides is 1. The Kier molecular flexibility index (Phi) is 5.72. The average molecular weight is 384 g/mol. The minimum atomic E-state index is -4.43. The van der Waals surface area contributed by atoms with Gasteiger partial charge in [-0.15, -0.1) is 0 Å². The summed E-state index contributed by atoms with van der Waals surface area (Å²) < 4.78 is 37.4. The fourth-order valence-corrected chi connectivity index (χ4v) is 1.96. The van der Waals surface area contributed by atoms with Crippen LogP contribution < -0.4 is 16.2 Å². The van der Waals surface area contributed by atoms with E-state index in [4.69, 9.17) is 12.2 Å². The summed E-state index contributed by atoms with van der Waals surface area (Å²) in [6.45, 7) is 0. The molecule has 26 heavy (non-hydrogen) atoms. The normalized spacial score (nSPS) is 10.7. The molecule has 2 aromatic carbocycles. The van der Waals surface area contributed by atoms with Gasteiger partial charge < -0.3 is 0 Å². The summed E-state index contributed by atoms with van der Waals surface area (Å²) in [5.41, 5.74) is 4.48. The van der Waals surface area contributed by atoms with E-state index in [9.17, 15) is 28.1 Å². The van der Waals surface area contributed by atoms with E-state index in [1.807, 2.05) is 0 Å². The van der Waals surface area contributed by atoms with Gasteiger partial charge in [0.25, 0.3) is 11.6 Å². The molecule has 0 atom stereocenters. The molecular formula is C15H11F3N4O3S. The van der Waals surface area contributed by atoms with Crippen molar-refractivity contribution in [3.05, 3.63) is 69.8 Å². The first-order valence-electron chi connectivity index (χ1n) is 6.96. The number of nitro benzene ring substituents is 1. The maximum absolute atomic E-state index is 12.5. The summed E-state index contributed by atoms with van der Waals surface area (Å²) >= 11 is 4.89. The lowest BCUT2D eigenvalue weighted by Gasteiger charge is -2.12. The molecule has 0 heterocycles. The zero-order chi connectivity index (χ0) is 19.3. The lowest BCUT2D eigenvalue weighted by Crippen LogP contribution is -2.41. The first-order chi connectivity index (χ1) is 12.2. The van der Waals surface area contributed by atoms with Crippen molar-refractivity contribution < 1.29 is 22.9 Å². The highest BCUT2D eigenvalue weighted by molar-refractivity contribution is 7.80. The van der Waals surface area contributed by atoms with Crippen LogP contribution >= 0.6 is 12.2 Å². The second-order valence-electron chi connectivity index (χ2n) is 4.91. The van der Waals surface area contributed by atoms with Crippen molar-refractivity contribution in [2.75, 3.05) is 5.43 Å². The Morgan fingerprint density at radius 2 is 1.62 bits per heavy atom. The molecule has 0 fully saturated rings. The van der Waals surface area contributed by atoms with Crippen molar-refractivity contribution in [2.24, 2.45) is 0 Å². The number of carbonyl (C=O) groups excluding carboxylic acids is 1. The second-order valence-corrected chi connectivity index (χ2v) is 5.32. The standard InChI is InChI=1S/C15H11F3N4O3S/c16-15(17,18)10-3-5-11(6-4-10)20-21-14(26)19-13(23)9-1-7-12(8-2-9)22(24)25/h1-8,20H,(H2,19,21,23,26). The highest BCUT2D eigenvalue weighted by atomic mass is 32.1. The van der Waals surface area contributed by atoms with E-state index in [1.165, 1.54) is 36.4 Å². The highest BCUT2D eigenvalue weighted by Crippen LogP contribution is 2.29. The van der Waals surface area contributed by atoms with E-state index in [1.54, 1.807) is 0 Å². The minimum absolute atomic E-state index is 0.131. The fourth-order valence-electron chi connectivity index (χ4n) is 1.81. The molecule has 0 saturated heterocycles. The number of thiocarbonyl (C=S) groups is 1. The van der Waals surface area contributed by atoms with Crippen LogP contribution in [0.2, 0.25) is 0 Å². The van der Waals surface area contributed by atoms with Gasteiger partial charge in [-0.05, 0) is 48.6 Å². The van der Waals surface area contributed by atoms with Crippen LogP contribution in [0.3, 0.4) is 0 Å². The number of non-ortho nitro benzene ring substituents is 1. The molecule has 0 bridgehead atoms. The van der Waals surface area contributed by atoms with Crippen LogP contribution in [-0.2, 0) is 6.18 Å². The third-order valence-electron chi connectivity index (χ3n) is 3.10. The zero-order valence-corrected chi connectivity index (χ0v) is 13.6. The number of anilines is 1. The highest BCUT2D eigenvalue weighted by Gasteiger charge is 2.29. The van der Waals surface area contributed by atoms with E-state index >= 15 is 0 Å². The predicted octanol–water partition coefficient (Wildman–Crippen LogP) is 3.25. The largest absolute Gasteiger partial charge is 0.416 e. The van der Waals surface area contributed by atoms with Gasteiger partial charge >= 0.3 is 6.18 Å². The summed E-state index contributed by atoms with van der Waals surface area (Å²) in [6, 6.07) is 9.04. The number of benzene rings is 2. The van der Waals surface area contributed by atoms with Crippen molar-refractivity contribution in [2.45, 2.75) is 6.18 Å². The number of nitrogens with zero attached hydrogens (tertiary/aromatic N) is 1. The number of hydrogen-bond acceptors (Lipinski definition) is 5. The van der Waals surface area contributed by atoms with Crippen molar-refractivity contribution in [1.29, 1.82) is 0 Å². The van der Waals surface area contributed by atoms with E-state index in [0.717, 1.165) is 12.1 Å². The molecule has 0 aromatic heterocycles. The Morgan fingerprint density at radius 1 is 1.04 bits per heavy atom. The Bertz CT molecular complexity index is 824. The number of halogens is 3. The average Bonchev–Trinajstić information content (AvgIpc) is 2.59. The van der Waals surface area contributed by atoms with Crippen LogP contribution in [0.1, 0.15) is 15.9 Å². The van der Waals surface area contributed by atoms with Crippen LogP contribution in [0.25, 0.3) is 0 Å². The molecule has 0 saturated carbocycles. The molecule has 0 aliphatic carbocycles. The molecule has 0 aliphatic rings. The molecular weight excluding hydrogens is 373 g/mol. The summed E-state index contributed by atoms with van der Waals surface area (Å²) in [5.74, 6) is -0.605. The molecule has 1 amide bonds. The summed E-state index contributed by atoms with van der Waals surface area (Å²) in [5, 5.41) is 12.7. The van der Waals surface area contributed by atoms with Gasteiger partial charge in [0.15, 0.2) is 5.11 Å². The summed E-state index contributed by atoms with van der Waals surface area (Å²) in [7, 11) is 0. The van der Waals surface area contributed by atoms with Gasteiger partial charge in [0.05, 0.1) is 16.2 Å². The lowest BCUT2D eigenvalue weighted by molar-refractivity contribution is -0.384. The van der Waals surface area contributed by atoms with Crippen molar-refractivity contribution in [3.8, 4) is 0 Å². The van der Waals surface area contributed by atoms with Crippen molar-refractivity contribution >= 4 is 34.6 Å². The third-order valence-corrected chi connectivity index (χ3v) is 3.30. The Balaban J connectivity index is 1.88. The van der Waals surface area contributed by atoms with Crippen LogP contribution in [-0.4, -0.2) is 15.9 Å². The number of alkyl halides is 3. The SMILES string of the molecule is O=C(NC(=S)NNc1ccc(C(F)(F)F)cc1)c1ccc([N+](=O)[O-])cc1. The molecule has 0 unspecified atom stereocenters. The fraction of sp³-hybridized carbons (Fsp3) is 0.0667. The lowest BCUT2D eigenvalue weighted by atomic mass is 10.2. The topological polar surface area (TPSA) is 96.3 Å². The number of rotatable bonds is 4. The summed E-state index contributed by atoms with van der Waals surface area (Å²) in [6.07, 6.45) is -4.43. The molecule has 7 nitrogen and oxygen atoms in total. The molecule has 0 spiro atoms. The number of hydrazine groups is 1. The van der Waals surface area contributed by atoms with E-state index in [0.29, 0.717) is 5.69 Å². The van der Waals surface area contributed by atoms with Crippen LogP contribution in [0.4, 0.5) is 24.5 Å². The second kappa shape index (κ2) is 7.78. The van der Waals surface area contributed by atoms with Gasteiger partial charge in [-0.25, -0.2) is 0 Å². The molecule has 3 N–H and O–H groups in total. The van der Waals surface area contributed by atoms with Crippen LogP contribution in [0.15, 0.2) is 48.5 Å². The smallest absolute Gasteiger partial charge is 0.299 e. The molecule has 11 heteroatoms. The predicted molar refractivity (Wildman–Crippen MR) is 91.4 cm³/mol. The van der Waals surface area contributed by atoms with Gasteiger partial charge in [0, 0.05) is 17.7 Å². The van der Waals surface area contributed by atoms with E-state index in [2.05, 4.69) is 16.2 Å². The van der Waals surface area contributed by atoms with Gasteiger partial charge in [0.2, 0.25) is 0 Å². The molecule has 136 valence electrons. The Hall–Kier alpha value is -3.21. The molecule has 2 rings (SSSR count). The number of carbonyl (C=O) groups is 1. The Labute approximate surface area is 150 Å². The number of nitrogens with one attached hydrogen (secondary N) is 3. The first-order valence-corrected chi connectivity index (χ1v) is 7.36. The molecule has 0 aliphatic heterocycles. The number of nitro groups is 1. The quantitative estimate of drug-likeness (QED) is 0.425.